The van der Waals surface area contributed by atoms with Gasteiger partial charge in [-0.05, 0) is 12.5 Å². The van der Waals surface area contributed by atoms with Gasteiger partial charge in [0, 0.05) is 50.9 Å². The normalized spacial score (nSPS) is 23.1. The van der Waals surface area contributed by atoms with E-state index in [1.165, 1.54) is 0 Å². The number of carbonyl (C=O) groups excluding carboxylic acids is 1. The molecule has 0 spiro atoms. The van der Waals surface area contributed by atoms with E-state index in [-0.39, 0.29) is 30.5 Å². The second-order valence-electron chi connectivity index (χ2n) is 6.45. The van der Waals surface area contributed by atoms with Crippen LogP contribution in [0.3, 0.4) is 0 Å². The molecule has 3 N–H and O–H groups in total. The van der Waals surface area contributed by atoms with Crippen LogP contribution < -0.4 is 10.6 Å². The minimum Gasteiger partial charge on any atom is -0.380 e. The lowest BCUT2D eigenvalue weighted by molar-refractivity contribution is -0.129. The van der Waals surface area contributed by atoms with Crippen LogP contribution in [0.25, 0.3) is 11.0 Å². The van der Waals surface area contributed by atoms with Crippen LogP contribution in [0, 0.1) is 0 Å². The molecule has 0 saturated carbocycles. The highest BCUT2D eigenvalue weighted by atomic mass is 35.5. The van der Waals surface area contributed by atoms with Crippen molar-refractivity contribution in [3.8, 4) is 0 Å². The molecule has 0 aliphatic carbocycles. The van der Waals surface area contributed by atoms with Crippen LogP contribution in [0.5, 0.6) is 0 Å². The Morgan fingerprint density at radius 3 is 3.04 bits per heavy atom. The van der Waals surface area contributed by atoms with E-state index in [9.17, 15) is 4.79 Å². The van der Waals surface area contributed by atoms with E-state index in [0.29, 0.717) is 13.1 Å². The maximum atomic E-state index is 13.0. The third-order valence-corrected chi connectivity index (χ3v) is 5.84. The highest BCUT2D eigenvalue weighted by Gasteiger charge is 2.31. The molecule has 2 atom stereocenters. The topological polar surface area (TPSA) is 100 Å². The Morgan fingerprint density at radius 1 is 1.41 bits per heavy atom. The van der Waals surface area contributed by atoms with E-state index in [1.807, 2.05) is 28.3 Å². The van der Waals surface area contributed by atoms with Gasteiger partial charge in [0.25, 0.3) is 5.91 Å². The summed E-state index contributed by atoms with van der Waals surface area (Å²) in [6.07, 6.45) is 6.07. The molecule has 1 amide bonds. The minimum atomic E-state index is -0.149. The summed E-state index contributed by atoms with van der Waals surface area (Å²) in [6.45, 7) is 1.98. The van der Waals surface area contributed by atoms with Crippen LogP contribution in [0.4, 0.5) is 5.82 Å². The number of piperidine rings is 1. The van der Waals surface area contributed by atoms with Gasteiger partial charge in [-0.25, -0.2) is 9.97 Å². The number of halogens is 1. The molecule has 2 aromatic heterocycles. The molecule has 1 saturated heterocycles. The summed E-state index contributed by atoms with van der Waals surface area (Å²) in [5, 5.41) is 0.949. The molecule has 8 nitrogen and oxygen atoms in total. The van der Waals surface area contributed by atoms with Gasteiger partial charge in [0.15, 0.2) is 0 Å². The van der Waals surface area contributed by atoms with Crippen LogP contribution in [0.2, 0.25) is 0 Å². The number of likely N-dealkylation sites (tertiary alicyclic amines) is 1. The number of aromatic amines is 1. The Labute approximate surface area is 167 Å². The van der Waals surface area contributed by atoms with Crippen molar-refractivity contribution in [3.63, 3.8) is 0 Å². The number of fused-ring (bicyclic) bond motifs is 1. The quantitative estimate of drug-likeness (QED) is 0.787. The van der Waals surface area contributed by atoms with Crippen molar-refractivity contribution in [2.45, 2.75) is 18.6 Å². The summed E-state index contributed by atoms with van der Waals surface area (Å²) in [7, 11) is 1.67. The zero-order valence-corrected chi connectivity index (χ0v) is 16.6. The van der Waals surface area contributed by atoms with Crippen molar-refractivity contribution in [2.24, 2.45) is 5.73 Å². The molecular weight excluding hydrogens is 388 g/mol. The lowest BCUT2D eigenvalue weighted by Crippen LogP contribution is -2.54. The number of nitrogens with two attached hydrogens (primary N) is 1. The van der Waals surface area contributed by atoms with Gasteiger partial charge in [0.2, 0.25) is 0 Å². The SMILES string of the molecule is CO[C@H]1CCN(C(=O)C2=CN(c3ncnc4[nH]ccc34)CCS2)C[C@@H]1N.Cl. The fraction of sp³-hybridized carbons (Fsp3) is 0.471. The zero-order chi connectivity index (χ0) is 18.1. The molecule has 27 heavy (non-hydrogen) atoms. The maximum Gasteiger partial charge on any atom is 0.261 e. The third kappa shape index (κ3) is 3.91. The summed E-state index contributed by atoms with van der Waals surface area (Å²) >= 11 is 1.58. The van der Waals surface area contributed by atoms with Gasteiger partial charge in [-0.1, -0.05) is 0 Å². The maximum absolute atomic E-state index is 13.0. The molecule has 146 valence electrons. The van der Waals surface area contributed by atoms with Crippen LogP contribution >= 0.6 is 24.2 Å². The summed E-state index contributed by atoms with van der Waals surface area (Å²) < 4.78 is 5.38. The number of hydrogen-bond donors (Lipinski definition) is 2. The number of anilines is 1. The number of methoxy groups -OCH3 is 1. The van der Waals surface area contributed by atoms with Crippen molar-refractivity contribution in [1.29, 1.82) is 0 Å². The fourth-order valence-corrected chi connectivity index (χ4v) is 4.42. The van der Waals surface area contributed by atoms with Gasteiger partial charge in [-0.15, -0.1) is 24.2 Å². The summed E-state index contributed by atoms with van der Waals surface area (Å²) in [4.78, 5) is 29.3. The number of nitrogens with one attached hydrogen (secondary N) is 1. The highest BCUT2D eigenvalue weighted by Crippen LogP contribution is 2.30. The molecule has 2 aliphatic rings. The highest BCUT2D eigenvalue weighted by molar-refractivity contribution is 8.04. The fourth-order valence-electron chi connectivity index (χ4n) is 3.46. The van der Waals surface area contributed by atoms with Crippen LogP contribution in [-0.2, 0) is 9.53 Å². The average Bonchev–Trinajstić information content (AvgIpc) is 3.16. The monoisotopic (exact) mass is 410 g/mol. The number of ether oxygens (including phenoxy) is 1. The zero-order valence-electron chi connectivity index (χ0n) is 15.0. The second kappa shape index (κ2) is 8.47. The number of rotatable bonds is 3. The molecule has 0 unspecified atom stereocenters. The Kier molecular flexibility index (Phi) is 6.25. The predicted molar refractivity (Wildman–Crippen MR) is 109 cm³/mol. The van der Waals surface area contributed by atoms with E-state index in [4.69, 9.17) is 10.5 Å². The number of aromatic nitrogens is 3. The van der Waals surface area contributed by atoms with E-state index in [2.05, 4.69) is 15.0 Å². The number of H-pyrrole nitrogens is 1. The Bertz CT molecular complexity index is 844. The Morgan fingerprint density at radius 2 is 2.26 bits per heavy atom. The summed E-state index contributed by atoms with van der Waals surface area (Å²) in [5.41, 5.74) is 6.93. The molecule has 2 aliphatic heterocycles. The van der Waals surface area contributed by atoms with Crippen LogP contribution in [0.15, 0.2) is 29.7 Å². The molecule has 0 aromatic carbocycles. The van der Waals surface area contributed by atoms with Crippen molar-refractivity contribution in [3.05, 3.63) is 29.7 Å². The van der Waals surface area contributed by atoms with Crippen molar-refractivity contribution < 1.29 is 9.53 Å². The van der Waals surface area contributed by atoms with Gasteiger partial charge in [-0.3, -0.25) is 4.79 Å². The largest absolute Gasteiger partial charge is 0.380 e. The van der Waals surface area contributed by atoms with Crippen LogP contribution in [0.1, 0.15) is 6.42 Å². The van der Waals surface area contributed by atoms with E-state index in [0.717, 1.165) is 40.5 Å². The Hall–Kier alpha value is -1.81. The molecule has 2 aromatic rings. The van der Waals surface area contributed by atoms with Gasteiger partial charge < -0.3 is 25.3 Å². The van der Waals surface area contributed by atoms with Crippen molar-refractivity contribution in [1.82, 2.24) is 19.9 Å². The van der Waals surface area contributed by atoms with Crippen LogP contribution in [-0.4, -0.2) is 70.4 Å². The lowest BCUT2D eigenvalue weighted by Gasteiger charge is -2.37. The van der Waals surface area contributed by atoms with Crippen molar-refractivity contribution in [2.75, 3.05) is 37.4 Å². The van der Waals surface area contributed by atoms with E-state index >= 15 is 0 Å². The number of amides is 1. The number of nitrogens with zero attached hydrogens (tertiary/aromatic N) is 4. The first kappa shape index (κ1) is 19.9. The van der Waals surface area contributed by atoms with E-state index in [1.54, 1.807) is 25.2 Å². The molecule has 1 fully saturated rings. The van der Waals surface area contributed by atoms with Gasteiger partial charge in [-0.2, -0.15) is 0 Å². The molecule has 4 rings (SSSR count). The first-order valence-electron chi connectivity index (χ1n) is 8.64. The third-order valence-electron chi connectivity index (χ3n) is 4.86. The smallest absolute Gasteiger partial charge is 0.261 e. The molecular formula is C17H23ClN6O2S. The standard InChI is InChI=1S/C17H22N6O2S.ClH/c1-25-13-3-5-23(8-12(13)18)17(24)14-9-22(6-7-26-14)16-11-2-4-19-15(11)20-10-21-16;/h2,4,9-10,12-13H,3,5-8,18H2,1H3,(H,19,20,21);1H/t12-,13-;/m0./s1. The van der Waals surface area contributed by atoms with E-state index < -0.39 is 0 Å². The molecule has 0 radical (unpaired) electrons. The second-order valence-corrected chi connectivity index (χ2v) is 7.59. The number of carbonyl (C=O) groups is 1. The summed E-state index contributed by atoms with van der Waals surface area (Å²) in [5.74, 6) is 1.68. The molecule has 4 heterocycles. The number of hydrogen-bond acceptors (Lipinski definition) is 7. The minimum absolute atomic E-state index is 0. The van der Waals surface area contributed by atoms with Gasteiger partial charge in [0.05, 0.1) is 16.4 Å². The molecule has 0 bridgehead atoms. The predicted octanol–water partition coefficient (Wildman–Crippen LogP) is 1.35. The van der Waals surface area contributed by atoms with Crippen molar-refractivity contribution >= 4 is 46.9 Å². The first-order chi connectivity index (χ1) is 12.7. The van der Waals surface area contributed by atoms with Gasteiger partial charge in [0.1, 0.15) is 17.8 Å². The number of thioether (sulfide) groups is 1. The van der Waals surface area contributed by atoms with Gasteiger partial charge >= 0.3 is 0 Å². The average molecular weight is 411 g/mol. The first-order valence-corrected chi connectivity index (χ1v) is 9.63. The Balaban J connectivity index is 0.00000210. The molecule has 10 heteroatoms. The summed E-state index contributed by atoms with van der Waals surface area (Å²) in [6, 6.07) is 1.81. The lowest BCUT2D eigenvalue weighted by atomic mass is 10.0.